The van der Waals surface area contributed by atoms with Crippen LogP contribution in [0.1, 0.15) is 45.4 Å². The predicted molar refractivity (Wildman–Crippen MR) is 100 cm³/mol. The number of rotatable bonds is 2. The zero-order valence-corrected chi connectivity index (χ0v) is 15.0. The van der Waals surface area contributed by atoms with Crippen molar-refractivity contribution in [1.29, 1.82) is 0 Å². The monoisotopic (exact) mass is 353 g/mol. The summed E-state index contributed by atoms with van der Waals surface area (Å²) in [6.45, 7) is 2.11. The third kappa shape index (κ3) is 2.63. The molecule has 0 saturated heterocycles. The van der Waals surface area contributed by atoms with E-state index >= 15 is 0 Å². The van der Waals surface area contributed by atoms with Crippen molar-refractivity contribution in [2.45, 2.75) is 25.3 Å². The molecule has 2 aromatic rings. The van der Waals surface area contributed by atoms with Gasteiger partial charge in [0.25, 0.3) is 0 Å². The highest BCUT2D eigenvalue weighted by Crippen LogP contribution is 2.52. The highest BCUT2D eigenvalue weighted by Gasteiger charge is 2.39. The number of fused-ring (bicyclic) bond motifs is 3. The van der Waals surface area contributed by atoms with Crippen molar-refractivity contribution in [1.82, 2.24) is 0 Å². The fourth-order valence-electron chi connectivity index (χ4n) is 4.08. The fraction of sp³-hybridized carbons (Fsp3) is 0.286. The lowest BCUT2D eigenvalue weighted by Gasteiger charge is -2.38. The first-order valence-corrected chi connectivity index (χ1v) is 8.88. The van der Waals surface area contributed by atoms with Gasteiger partial charge in [-0.05, 0) is 48.6 Å². The standard InChI is InChI=1S/C21H20ClNO2/c1-12-6-11-17(22)18-15-4-3-5-16(15)20(23-19(12)18)13-7-9-14(10-8-13)21(24)25-2/h3-4,6-11,15-16,20,23H,5H2,1-2H3/t15-,16+,20+/m1/s1. The second-order valence-corrected chi connectivity index (χ2v) is 7.15. The molecule has 3 nitrogen and oxygen atoms in total. The maximum absolute atomic E-state index is 11.7. The molecule has 0 fully saturated rings. The van der Waals surface area contributed by atoms with E-state index in [4.69, 9.17) is 16.3 Å². The number of esters is 1. The molecule has 4 rings (SSSR count). The molecule has 0 radical (unpaired) electrons. The fourth-order valence-corrected chi connectivity index (χ4v) is 4.37. The van der Waals surface area contributed by atoms with Crippen molar-refractivity contribution in [3.05, 3.63) is 75.8 Å². The SMILES string of the molecule is COC(=O)c1ccc([C@@H]2Nc3c(C)ccc(Cl)c3[C@@H]3C=CC[C@@H]32)cc1. The van der Waals surface area contributed by atoms with Gasteiger partial charge in [-0.2, -0.15) is 0 Å². The Morgan fingerprint density at radius 3 is 2.68 bits per heavy atom. The molecule has 1 aliphatic heterocycles. The average Bonchev–Trinajstić information content (AvgIpc) is 3.13. The summed E-state index contributed by atoms with van der Waals surface area (Å²) in [5.41, 5.74) is 5.30. The van der Waals surface area contributed by atoms with Crippen LogP contribution in [0, 0.1) is 12.8 Å². The minimum Gasteiger partial charge on any atom is -0.465 e. The van der Waals surface area contributed by atoms with Crippen molar-refractivity contribution in [2.75, 3.05) is 12.4 Å². The highest BCUT2D eigenvalue weighted by atomic mass is 35.5. The van der Waals surface area contributed by atoms with Crippen LogP contribution >= 0.6 is 11.6 Å². The molecule has 0 bridgehead atoms. The summed E-state index contributed by atoms with van der Waals surface area (Å²) in [7, 11) is 1.40. The van der Waals surface area contributed by atoms with Crippen molar-refractivity contribution in [3.8, 4) is 0 Å². The van der Waals surface area contributed by atoms with E-state index < -0.39 is 0 Å². The molecular weight excluding hydrogens is 334 g/mol. The number of aryl methyl sites for hydroxylation is 1. The average molecular weight is 354 g/mol. The summed E-state index contributed by atoms with van der Waals surface area (Å²) in [5, 5.41) is 4.54. The molecule has 0 spiro atoms. The van der Waals surface area contributed by atoms with Crippen LogP contribution in [0.15, 0.2) is 48.6 Å². The Hall–Kier alpha value is -2.26. The van der Waals surface area contributed by atoms with Gasteiger partial charge in [-0.1, -0.05) is 42.0 Å². The quantitative estimate of drug-likeness (QED) is 0.591. The number of methoxy groups -OCH3 is 1. The van der Waals surface area contributed by atoms with Gasteiger partial charge in [-0.25, -0.2) is 4.79 Å². The topological polar surface area (TPSA) is 38.3 Å². The maximum Gasteiger partial charge on any atom is 0.337 e. The lowest BCUT2D eigenvalue weighted by atomic mass is 9.76. The molecule has 1 aliphatic carbocycles. The Bertz CT molecular complexity index is 857. The second-order valence-electron chi connectivity index (χ2n) is 6.74. The minimum absolute atomic E-state index is 0.191. The third-order valence-electron chi connectivity index (χ3n) is 5.37. The first-order chi connectivity index (χ1) is 12.1. The van der Waals surface area contributed by atoms with Crippen molar-refractivity contribution >= 4 is 23.3 Å². The van der Waals surface area contributed by atoms with E-state index in [9.17, 15) is 4.79 Å². The van der Waals surface area contributed by atoms with Crippen LogP contribution in [0.3, 0.4) is 0 Å². The van der Waals surface area contributed by atoms with Gasteiger partial charge in [0, 0.05) is 22.2 Å². The van der Waals surface area contributed by atoms with Gasteiger partial charge in [0.1, 0.15) is 0 Å². The van der Waals surface area contributed by atoms with Gasteiger partial charge < -0.3 is 10.1 Å². The number of nitrogens with one attached hydrogen (secondary N) is 1. The molecule has 2 aromatic carbocycles. The van der Waals surface area contributed by atoms with E-state index in [-0.39, 0.29) is 12.0 Å². The van der Waals surface area contributed by atoms with E-state index in [0.717, 1.165) is 17.1 Å². The predicted octanol–water partition coefficient (Wildman–Crippen LogP) is 5.26. The number of hydrogen-bond acceptors (Lipinski definition) is 3. The minimum atomic E-state index is -0.309. The van der Waals surface area contributed by atoms with Gasteiger partial charge >= 0.3 is 5.97 Å². The molecule has 0 amide bonds. The molecule has 128 valence electrons. The van der Waals surface area contributed by atoms with Crippen molar-refractivity contribution in [3.63, 3.8) is 0 Å². The number of ether oxygens (including phenoxy) is 1. The van der Waals surface area contributed by atoms with Crippen LogP contribution < -0.4 is 5.32 Å². The summed E-state index contributed by atoms with van der Waals surface area (Å²) in [6.07, 6.45) is 5.55. The number of carbonyl (C=O) groups is 1. The van der Waals surface area contributed by atoms with E-state index in [1.807, 2.05) is 30.3 Å². The van der Waals surface area contributed by atoms with Crippen LogP contribution in [0.25, 0.3) is 0 Å². The number of allylic oxidation sites excluding steroid dienone is 2. The van der Waals surface area contributed by atoms with E-state index in [2.05, 4.69) is 30.5 Å². The Balaban J connectivity index is 1.74. The molecule has 0 saturated carbocycles. The summed E-state index contributed by atoms with van der Waals surface area (Å²) in [4.78, 5) is 11.7. The largest absolute Gasteiger partial charge is 0.465 e. The number of benzene rings is 2. The molecule has 0 unspecified atom stereocenters. The van der Waals surface area contributed by atoms with Gasteiger partial charge in [-0.3, -0.25) is 0 Å². The Labute approximate surface area is 152 Å². The second kappa shape index (κ2) is 6.23. The smallest absolute Gasteiger partial charge is 0.337 e. The van der Waals surface area contributed by atoms with E-state index in [1.54, 1.807) is 0 Å². The van der Waals surface area contributed by atoms with Gasteiger partial charge in [0.15, 0.2) is 0 Å². The summed E-state index contributed by atoms with van der Waals surface area (Å²) >= 11 is 6.52. The Morgan fingerprint density at radius 1 is 1.20 bits per heavy atom. The number of anilines is 1. The zero-order valence-electron chi connectivity index (χ0n) is 14.3. The van der Waals surface area contributed by atoms with Gasteiger partial charge in [-0.15, -0.1) is 0 Å². The Morgan fingerprint density at radius 2 is 1.96 bits per heavy atom. The maximum atomic E-state index is 11.7. The van der Waals surface area contributed by atoms with Gasteiger partial charge in [0.05, 0.1) is 18.7 Å². The molecule has 3 atom stereocenters. The van der Waals surface area contributed by atoms with Crippen LogP contribution in [-0.4, -0.2) is 13.1 Å². The lowest BCUT2D eigenvalue weighted by molar-refractivity contribution is 0.0600. The first-order valence-electron chi connectivity index (χ1n) is 8.50. The number of hydrogen-bond donors (Lipinski definition) is 1. The molecule has 4 heteroatoms. The normalized spacial score (nSPS) is 23.6. The van der Waals surface area contributed by atoms with Crippen molar-refractivity contribution < 1.29 is 9.53 Å². The van der Waals surface area contributed by atoms with E-state index in [1.165, 1.54) is 23.8 Å². The van der Waals surface area contributed by atoms with Crippen molar-refractivity contribution in [2.24, 2.45) is 5.92 Å². The Kier molecular flexibility index (Phi) is 4.04. The van der Waals surface area contributed by atoms with Gasteiger partial charge in [0.2, 0.25) is 0 Å². The number of halogens is 1. The third-order valence-corrected chi connectivity index (χ3v) is 5.70. The molecule has 1 heterocycles. The first kappa shape index (κ1) is 16.2. The lowest BCUT2D eigenvalue weighted by Crippen LogP contribution is -2.29. The van der Waals surface area contributed by atoms with Crippen LogP contribution in [0.5, 0.6) is 0 Å². The highest BCUT2D eigenvalue weighted by molar-refractivity contribution is 6.32. The van der Waals surface area contributed by atoms with E-state index in [0.29, 0.717) is 17.4 Å². The molecule has 2 aliphatic rings. The van der Waals surface area contributed by atoms with Crippen LogP contribution in [0.4, 0.5) is 5.69 Å². The zero-order chi connectivity index (χ0) is 17.6. The van der Waals surface area contributed by atoms with Crippen LogP contribution in [0.2, 0.25) is 5.02 Å². The number of carbonyl (C=O) groups excluding carboxylic acids is 1. The molecule has 0 aromatic heterocycles. The molecule has 1 N–H and O–H groups in total. The summed E-state index contributed by atoms with van der Waals surface area (Å²) in [5.74, 6) is 0.446. The summed E-state index contributed by atoms with van der Waals surface area (Å²) in [6, 6.07) is 11.9. The molecular formula is C21H20ClNO2. The molecule has 25 heavy (non-hydrogen) atoms. The van der Waals surface area contributed by atoms with Crippen LogP contribution in [-0.2, 0) is 4.74 Å². The summed E-state index contributed by atoms with van der Waals surface area (Å²) < 4.78 is 4.79.